The molecule has 96 valence electrons. The Morgan fingerprint density at radius 2 is 1.33 bits per heavy atom. The van der Waals surface area contributed by atoms with Crippen LogP contribution in [-0.2, 0) is 8.26 Å². The fourth-order valence-corrected chi connectivity index (χ4v) is 1.46. The van der Waals surface area contributed by atoms with E-state index in [-0.39, 0.29) is 0 Å². The van der Waals surface area contributed by atoms with Gasteiger partial charge < -0.3 is 0 Å². The molecule has 0 bridgehead atoms. The molecule has 2 nitrogen and oxygen atoms in total. The second kappa shape index (κ2) is 6.78. The monoisotopic (exact) mass is 302 g/mol. The Morgan fingerprint density at radius 1 is 0.833 bits per heavy atom. The largest absolute Gasteiger partial charge is 0.317 e. The van der Waals surface area contributed by atoms with E-state index < -0.39 is 8.26 Å². The zero-order valence-electron chi connectivity index (χ0n) is 9.68. The van der Waals surface area contributed by atoms with Crippen molar-refractivity contribution in [2.24, 2.45) is 0 Å². The van der Waals surface area contributed by atoms with Crippen LogP contribution in [0.4, 0.5) is 0 Å². The molecule has 0 heterocycles. The summed E-state index contributed by atoms with van der Waals surface area (Å²) in [6, 6.07) is 19.0. The van der Waals surface area contributed by atoms with Crippen molar-refractivity contribution in [3.05, 3.63) is 60.2 Å². The van der Waals surface area contributed by atoms with Crippen LogP contribution < -0.4 is 0 Å². The van der Waals surface area contributed by atoms with Crippen LogP contribution >= 0.6 is 21.4 Å². The van der Waals surface area contributed by atoms with Gasteiger partial charge in [-0.2, -0.15) is 8.42 Å². The summed E-state index contributed by atoms with van der Waals surface area (Å²) in [6.45, 7) is 2.12. The first-order valence-corrected chi connectivity index (χ1v) is 8.26. The van der Waals surface area contributed by atoms with Gasteiger partial charge in [-0.25, -0.2) is 0 Å². The summed E-state index contributed by atoms with van der Waals surface area (Å²) in [5.41, 5.74) is 3.88. The number of halogens is 2. The van der Waals surface area contributed by atoms with Gasteiger partial charge >= 0.3 is 8.26 Å². The number of hydrogen-bond donors (Lipinski definition) is 0. The zero-order valence-corrected chi connectivity index (χ0v) is 12.0. The summed E-state index contributed by atoms with van der Waals surface area (Å²) in [5.74, 6) is 0. The first-order valence-electron chi connectivity index (χ1n) is 5.12. The van der Waals surface area contributed by atoms with Crippen LogP contribution in [-0.4, -0.2) is 8.42 Å². The lowest BCUT2D eigenvalue weighted by atomic mass is 10.0. The fourth-order valence-electron chi connectivity index (χ4n) is 1.46. The molecule has 0 unspecified atom stereocenters. The molecule has 2 aromatic carbocycles. The lowest BCUT2D eigenvalue weighted by Crippen LogP contribution is -1.77. The first kappa shape index (κ1) is 15.0. The summed E-state index contributed by atoms with van der Waals surface area (Å²) >= 11 is 0. The first-order chi connectivity index (χ1) is 8.36. The molecule has 0 amide bonds. The van der Waals surface area contributed by atoms with E-state index in [2.05, 4.69) is 76.8 Å². The third kappa shape index (κ3) is 6.64. The molecule has 0 saturated carbocycles. The van der Waals surface area contributed by atoms with Crippen LogP contribution in [0.1, 0.15) is 5.56 Å². The van der Waals surface area contributed by atoms with Crippen LogP contribution in [0.15, 0.2) is 54.6 Å². The molecule has 0 fully saturated rings. The summed E-state index contributed by atoms with van der Waals surface area (Å²) in [7, 11) is 4.81. The molecule has 0 atom stereocenters. The normalized spacial score (nSPS) is 10.4. The minimum Gasteiger partial charge on any atom is -0.195 e. The molecule has 2 aromatic rings. The van der Waals surface area contributed by atoms with E-state index in [4.69, 9.17) is 8.42 Å². The SMILES string of the molecule is Cc1cccc(-c2ccccc2)c1.O=S(=O)(Cl)Cl. The van der Waals surface area contributed by atoms with Gasteiger partial charge in [0, 0.05) is 21.4 Å². The summed E-state index contributed by atoms with van der Waals surface area (Å²) in [5, 5.41) is 0. The van der Waals surface area contributed by atoms with Gasteiger partial charge in [0.25, 0.3) is 0 Å². The van der Waals surface area contributed by atoms with Gasteiger partial charge in [-0.05, 0) is 18.1 Å². The number of rotatable bonds is 1. The Balaban J connectivity index is 0.000000280. The van der Waals surface area contributed by atoms with Gasteiger partial charge in [-0.15, -0.1) is 0 Å². The van der Waals surface area contributed by atoms with Crippen LogP contribution in [0.5, 0.6) is 0 Å². The topological polar surface area (TPSA) is 34.1 Å². The van der Waals surface area contributed by atoms with Gasteiger partial charge in [-0.1, -0.05) is 60.2 Å². The van der Waals surface area contributed by atoms with E-state index in [0.717, 1.165) is 0 Å². The van der Waals surface area contributed by atoms with Crippen molar-refractivity contribution in [1.29, 1.82) is 0 Å². The minimum atomic E-state index is -3.72. The molecule has 5 heteroatoms. The molecule has 0 N–H and O–H groups in total. The third-order valence-electron chi connectivity index (χ3n) is 2.13. The molecular formula is C13H12Cl2O2S. The average Bonchev–Trinajstić information content (AvgIpc) is 2.28. The van der Waals surface area contributed by atoms with E-state index in [0.29, 0.717) is 0 Å². The number of hydrogen-bond acceptors (Lipinski definition) is 2. The van der Waals surface area contributed by atoms with E-state index in [9.17, 15) is 0 Å². The molecule has 0 spiro atoms. The van der Waals surface area contributed by atoms with E-state index in [1.165, 1.54) is 16.7 Å². The quantitative estimate of drug-likeness (QED) is 0.733. The Morgan fingerprint density at radius 3 is 1.83 bits per heavy atom. The Hall–Kier alpha value is -1.03. The highest BCUT2D eigenvalue weighted by Crippen LogP contribution is 2.19. The Labute approximate surface area is 116 Å². The van der Waals surface area contributed by atoms with Gasteiger partial charge in [0.05, 0.1) is 0 Å². The van der Waals surface area contributed by atoms with E-state index in [1.807, 2.05) is 6.07 Å². The average molecular weight is 303 g/mol. The third-order valence-corrected chi connectivity index (χ3v) is 2.13. The van der Waals surface area contributed by atoms with Crippen LogP contribution in [0, 0.1) is 6.92 Å². The maximum Gasteiger partial charge on any atom is 0.317 e. The lowest BCUT2D eigenvalue weighted by Gasteiger charge is -2.01. The Kier molecular flexibility index (Phi) is 5.66. The van der Waals surface area contributed by atoms with Crippen molar-refractivity contribution in [2.45, 2.75) is 6.92 Å². The standard InChI is InChI=1S/C13H12.Cl2O2S/c1-11-6-5-9-13(10-11)12-7-3-2-4-8-12;1-5(2,3)4/h2-10H,1H3;. The maximum absolute atomic E-state index is 9.16. The van der Waals surface area contributed by atoms with Gasteiger partial charge in [0.2, 0.25) is 0 Å². The minimum absolute atomic E-state index is 1.28. The fraction of sp³-hybridized carbons (Fsp3) is 0.0769. The maximum atomic E-state index is 9.16. The zero-order chi connectivity index (χ0) is 13.6. The van der Waals surface area contributed by atoms with E-state index in [1.54, 1.807) is 0 Å². The predicted molar refractivity (Wildman–Crippen MR) is 77.2 cm³/mol. The number of aryl methyl sites for hydroxylation is 1. The molecule has 0 aliphatic carbocycles. The van der Waals surface area contributed by atoms with Gasteiger partial charge in [0.1, 0.15) is 0 Å². The molecule has 0 aliphatic rings. The predicted octanol–water partition coefficient (Wildman–Crippen LogP) is 4.37. The van der Waals surface area contributed by atoms with Gasteiger partial charge in [0.15, 0.2) is 0 Å². The molecule has 0 aliphatic heterocycles. The van der Waals surface area contributed by atoms with E-state index >= 15 is 0 Å². The van der Waals surface area contributed by atoms with Crippen molar-refractivity contribution < 1.29 is 8.42 Å². The van der Waals surface area contributed by atoms with Crippen LogP contribution in [0.3, 0.4) is 0 Å². The van der Waals surface area contributed by atoms with Crippen LogP contribution in [0.25, 0.3) is 11.1 Å². The van der Waals surface area contributed by atoms with Gasteiger partial charge in [-0.3, -0.25) is 0 Å². The Bertz CT molecular complexity index is 587. The van der Waals surface area contributed by atoms with Crippen LogP contribution in [0.2, 0.25) is 0 Å². The molecule has 18 heavy (non-hydrogen) atoms. The second-order valence-corrected chi connectivity index (χ2v) is 7.28. The summed E-state index contributed by atoms with van der Waals surface area (Å²) in [4.78, 5) is 0. The molecule has 0 saturated heterocycles. The summed E-state index contributed by atoms with van der Waals surface area (Å²) in [6.07, 6.45) is 0. The van der Waals surface area contributed by atoms with Crippen molar-refractivity contribution in [3.63, 3.8) is 0 Å². The number of benzene rings is 2. The molecule has 0 aromatic heterocycles. The molecule has 0 radical (unpaired) electrons. The van der Waals surface area contributed by atoms with Crippen molar-refractivity contribution in [2.75, 3.05) is 0 Å². The highest BCUT2D eigenvalue weighted by atomic mass is 36.0. The smallest absolute Gasteiger partial charge is 0.195 e. The molecule has 2 rings (SSSR count). The molecular weight excluding hydrogens is 291 g/mol. The highest BCUT2D eigenvalue weighted by Gasteiger charge is 1.94. The summed E-state index contributed by atoms with van der Waals surface area (Å²) < 4.78 is 18.3. The van der Waals surface area contributed by atoms with Crippen molar-refractivity contribution in [3.8, 4) is 11.1 Å². The van der Waals surface area contributed by atoms with Crippen molar-refractivity contribution in [1.82, 2.24) is 0 Å². The highest BCUT2D eigenvalue weighted by molar-refractivity contribution is 8.31. The van der Waals surface area contributed by atoms with Crippen molar-refractivity contribution >= 4 is 29.6 Å². The second-order valence-electron chi connectivity index (χ2n) is 3.61. The lowest BCUT2D eigenvalue weighted by molar-refractivity contribution is 0.621.